The highest BCUT2D eigenvalue weighted by Crippen LogP contribution is 2.33. The normalized spacial score (nSPS) is 13.0. The van der Waals surface area contributed by atoms with Crippen molar-refractivity contribution in [2.45, 2.75) is 38.5 Å². The number of anilines is 1. The summed E-state index contributed by atoms with van der Waals surface area (Å²) in [5, 5.41) is 2.81. The molecule has 27 heavy (non-hydrogen) atoms. The molecule has 0 aliphatic carbocycles. The monoisotopic (exact) mass is 418 g/mol. The molecular weight excluding hydrogens is 388 g/mol. The van der Waals surface area contributed by atoms with Gasteiger partial charge in [0.15, 0.2) is 11.5 Å². The number of thioether (sulfide) groups is 1. The van der Waals surface area contributed by atoms with Crippen LogP contribution < -0.4 is 19.1 Å². The summed E-state index contributed by atoms with van der Waals surface area (Å²) in [6.07, 6.45) is 1.07. The zero-order chi connectivity index (χ0) is 20.8. The molecular formula is C18H30N2O5S2. The Labute approximate surface area is 166 Å². The lowest BCUT2D eigenvalue weighted by Crippen LogP contribution is -2.48. The lowest BCUT2D eigenvalue weighted by Gasteiger charge is -2.29. The number of nitrogens with one attached hydrogen (secondary N) is 1. The van der Waals surface area contributed by atoms with Gasteiger partial charge in [0.05, 0.1) is 26.2 Å². The Morgan fingerprint density at radius 1 is 1.22 bits per heavy atom. The topological polar surface area (TPSA) is 84.9 Å². The number of amides is 1. The van der Waals surface area contributed by atoms with Gasteiger partial charge in [-0.05, 0) is 19.1 Å². The molecule has 0 saturated carbocycles. The minimum Gasteiger partial charge on any atom is -0.493 e. The smallest absolute Gasteiger partial charge is 0.243 e. The van der Waals surface area contributed by atoms with Gasteiger partial charge in [0, 0.05) is 23.1 Å². The van der Waals surface area contributed by atoms with E-state index in [2.05, 4.69) is 26.1 Å². The van der Waals surface area contributed by atoms with Gasteiger partial charge in [0.2, 0.25) is 15.9 Å². The molecule has 154 valence electrons. The summed E-state index contributed by atoms with van der Waals surface area (Å²) in [5.74, 6) is 1.26. The zero-order valence-electron chi connectivity index (χ0n) is 17.0. The summed E-state index contributed by atoms with van der Waals surface area (Å²) >= 11 is 1.73. The quantitative estimate of drug-likeness (QED) is 0.620. The summed E-state index contributed by atoms with van der Waals surface area (Å²) in [5.41, 5.74) is 0.335. The van der Waals surface area contributed by atoms with E-state index in [9.17, 15) is 13.2 Å². The second-order valence-electron chi connectivity index (χ2n) is 7.03. The third-order valence-corrected chi connectivity index (χ3v) is 6.16. The first-order valence-corrected chi connectivity index (χ1v) is 11.4. The van der Waals surface area contributed by atoms with Crippen LogP contribution in [0.15, 0.2) is 18.2 Å². The second kappa shape index (κ2) is 9.54. The van der Waals surface area contributed by atoms with Crippen LogP contribution in [0.2, 0.25) is 0 Å². The van der Waals surface area contributed by atoms with Crippen molar-refractivity contribution in [1.82, 2.24) is 5.32 Å². The molecule has 1 aromatic carbocycles. The van der Waals surface area contributed by atoms with E-state index in [-0.39, 0.29) is 10.7 Å². The Hall–Kier alpha value is -1.61. The van der Waals surface area contributed by atoms with Crippen molar-refractivity contribution in [2.75, 3.05) is 37.1 Å². The number of rotatable bonds is 9. The fraction of sp³-hybridized carbons (Fsp3) is 0.611. The molecule has 1 aromatic rings. The Kier molecular flexibility index (Phi) is 8.28. The predicted octanol–water partition coefficient (Wildman–Crippen LogP) is 2.51. The number of nitrogens with zero attached hydrogens (tertiary/aromatic N) is 1. The van der Waals surface area contributed by atoms with Gasteiger partial charge in [-0.3, -0.25) is 9.10 Å². The first-order valence-electron chi connectivity index (χ1n) is 8.54. The van der Waals surface area contributed by atoms with Crippen LogP contribution in [0.3, 0.4) is 0 Å². The molecule has 0 aromatic heterocycles. The third kappa shape index (κ3) is 7.14. The molecule has 1 N–H and O–H groups in total. The number of benzene rings is 1. The third-order valence-electron chi connectivity index (χ3n) is 3.65. The summed E-state index contributed by atoms with van der Waals surface area (Å²) in [7, 11) is -0.724. The van der Waals surface area contributed by atoms with E-state index in [1.807, 2.05) is 0 Å². The highest BCUT2D eigenvalue weighted by molar-refractivity contribution is 8.00. The van der Waals surface area contributed by atoms with Gasteiger partial charge in [-0.1, -0.05) is 20.8 Å². The van der Waals surface area contributed by atoms with E-state index in [1.165, 1.54) is 14.2 Å². The fourth-order valence-electron chi connectivity index (χ4n) is 2.45. The molecule has 0 bridgehead atoms. The fourth-order valence-corrected chi connectivity index (χ4v) is 4.43. The molecule has 7 nitrogen and oxygen atoms in total. The van der Waals surface area contributed by atoms with Gasteiger partial charge >= 0.3 is 0 Å². The van der Waals surface area contributed by atoms with E-state index >= 15 is 0 Å². The standard InChI is InChI=1S/C18H30N2O5S2/c1-13(17(21)19-10-11-26-18(2,3)4)20(27(7,22)23)14-8-9-15(24-5)16(12-14)25-6/h8-9,12-13H,10-11H2,1-7H3,(H,19,21)/t13-/m0/s1. The summed E-state index contributed by atoms with van der Waals surface area (Å²) in [6, 6.07) is 3.83. The molecule has 1 rings (SSSR count). The molecule has 0 saturated heterocycles. The molecule has 0 unspecified atom stereocenters. The van der Waals surface area contributed by atoms with Crippen LogP contribution in [0.4, 0.5) is 5.69 Å². The minimum atomic E-state index is -3.69. The first kappa shape index (κ1) is 23.4. The van der Waals surface area contributed by atoms with Crippen LogP contribution in [0.1, 0.15) is 27.7 Å². The number of methoxy groups -OCH3 is 2. The van der Waals surface area contributed by atoms with Crippen molar-refractivity contribution in [1.29, 1.82) is 0 Å². The van der Waals surface area contributed by atoms with Crippen molar-refractivity contribution in [2.24, 2.45) is 0 Å². The van der Waals surface area contributed by atoms with Crippen molar-refractivity contribution in [3.05, 3.63) is 18.2 Å². The molecule has 1 amide bonds. The molecule has 0 aliphatic heterocycles. The highest BCUT2D eigenvalue weighted by Gasteiger charge is 2.29. The van der Waals surface area contributed by atoms with E-state index in [0.717, 1.165) is 16.3 Å². The zero-order valence-corrected chi connectivity index (χ0v) is 18.7. The van der Waals surface area contributed by atoms with Crippen LogP contribution in [-0.2, 0) is 14.8 Å². The molecule has 0 heterocycles. The van der Waals surface area contributed by atoms with Gasteiger partial charge in [-0.2, -0.15) is 11.8 Å². The van der Waals surface area contributed by atoms with Gasteiger partial charge in [-0.25, -0.2) is 8.42 Å². The number of sulfonamides is 1. The van der Waals surface area contributed by atoms with Crippen molar-refractivity contribution < 1.29 is 22.7 Å². The minimum absolute atomic E-state index is 0.106. The maximum Gasteiger partial charge on any atom is 0.243 e. The van der Waals surface area contributed by atoms with Crippen LogP contribution in [0, 0.1) is 0 Å². The first-order chi connectivity index (χ1) is 12.4. The van der Waals surface area contributed by atoms with E-state index < -0.39 is 16.1 Å². The van der Waals surface area contributed by atoms with Crippen molar-refractivity contribution in [3.8, 4) is 11.5 Å². The largest absolute Gasteiger partial charge is 0.493 e. The maximum absolute atomic E-state index is 12.5. The van der Waals surface area contributed by atoms with Gasteiger partial charge in [0.25, 0.3) is 0 Å². The van der Waals surface area contributed by atoms with E-state index in [1.54, 1.807) is 36.9 Å². The van der Waals surface area contributed by atoms with Crippen molar-refractivity contribution >= 4 is 33.4 Å². The average molecular weight is 419 g/mol. The van der Waals surface area contributed by atoms with Crippen LogP contribution >= 0.6 is 11.8 Å². The molecule has 0 fully saturated rings. The van der Waals surface area contributed by atoms with Crippen LogP contribution in [-0.4, -0.2) is 57.9 Å². The Bertz CT molecular complexity index is 745. The SMILES string of the molecule is COc1ccc(N([C@@H](C)C(=O)NCCSC(C)(C)C)S(C)(=O)=O)cc1OC. The number of carbonyl (C=O) groups excluding carboxylic acids is 1. The summed E-state index contributed by atoms with van der Waals surface area (Å²) in [6.45, 7) is 8.33. The molecule has 9 heteroatoms. The van der Waals surface area contributed by atoms with E-state index in [4.69, 9.17) is 9.47 Å². The molecule has 0 radical (unpaired) electrons. The van der Waals surface area contributed by atoms with Crippen molar-refractivity contribution in [3.63, 3.8) is 0 Å². The van der Waals surface area contributed by atoms with Crippen LogP contribution in [0.25, 0.3) is 0 Å². The molecule has 1 atom stereocenters. The Morgan fingerprint density at radius 3 is 2.30 bits per heavy atom. The summed E-state index contributed by atoms with van der Waals surface area (Å²) < 4.78 is 36.3. The number of carbonyl (C=O) groups is 1. The Balaban J connectivity index is 2.99. The maximum atomic E-state index is 12.5. The predicted molar refractivity (Wildman–Crippen MR) is 112 cm³/mol. The Morgan fingerprint density at radius 2 is 1.81 bits per heavy atom. The number of ether oxygens (including phenoxy) is 2. The van der Waals surface area contributed by atoms with E-state index in [0.29, 0.717) is 23.7 Å². The lowest BCUT2D eigenvalue weighted by molar-refractivity contribution is -0.121. The summed E-state index contributed by atoms with van der Waals surface area (Å²) in [4.78, 5) is 12.5. The number of hydrogen-bond donors (Lipinski definition) is 1. The molecule has 0 aliphatic rings. The average Bonchev–Trinajstić information content (AvgIpc) is 2.56. The van der Waals surface area contributed by atoms with Gasteiger partial charge < -0.3 is 14.8 Å². The van der Waals surface area contributed by atoms with Crippen LogP contribution in [0.5, 0.6) is 11.5 Å². The second-order valence-corrected chi connectivity index (χ2v) is 10.8. The lowest BCUT2D eigenvalue weighted by atomic mass is 10.2. The highest BCUT2D eigenvalue weighted by atomic mass is 32.2. The van der Waals surface area contributed by atoms with Gasteiger partial charge in [0.1, 0.15) is 6.04 Å². The van der Waals surface area contributed by atoms with Gasteiger partial charge in [-0.15, -0.1) is 0 Å². The molecule has 0 spiro atoms. The number of hydrogen-bond acceptors (Lipinski definition) is 6.